The van der Waals surface area contributed by atoms with Crippen LogP contribution in [-0.2, 0) is 11.2 Å². The lowest BCUT2D eigenvalue weighted by Gasteiger charge is -2.11. The average Bonchev–Trinajstić information content (AvgIpc) is 2.74. The molecule has 0 radical (unpaired) electrons. The number of benzene rings is 2. The van der Waals surface area contributed by atoms with Gasteiger partial charge in [0.1, 0.15) is 17.1 Å². The van der Waals surface area contributed by atoms with E-state index in [9.17, 15) is 14.7 Å². The Morgan fingerprint density at radius 2 is 1.67 bits per heavy atom. The molecule has 7 heteroatoms. The predicted octanol–water partition coefficient (Wildman–Crippen LogP) is 3.92. The van der Waals surface area contributed by atoms with Crippen molar-refractivity contribution in [2.45, 2.75) is 13.3 Å². The Hall–Kier alpha value is -3.74. The quantitative estimate of drug-likeness (QED) is 0.631. The molecular formula is C23H22O7. The van der Waals surface area contributed by atoms with Crippen molar-refractivity contribution in [3.8, 4) is 17.2 Å². The van der Waals surface area contributed by atoms with E-state index in [1.165, 1.54) is 7.11 Å². The molecule has 2 aromatic carbocycles. The monoisotopic (exact) mass is 410 g/mol. The second kappa shape index (κ2) is 8.73. The molecule has 1 heterocycles. The fourth-order valence-corrected chi connectivity index (χ4v) is 3.20. The van der Waals surface area contributed by atoms with Crippen molar-refractivity contribution in [2.24, 2.45) is 0 Å². The number of aliphatic carboxylic acids is 1. The molecular weight excluding hydrogens is 388 g/mol. The molecule has 0 bridgehead atoms. The Kier molecular flexibility index (Phi) is 6.11. The lowest BCUT2D eigenvalue weighted by atomic mass is 10.0. The SMILES string of the molecule is COc1ccc(C=Cc2oc3c(CC(=O)O)c(OC)ccc3c(=O)c2C)cc1OC. The van der Waals surface area contributed by atoms with E-state index in [-0.39, 0.29) is 17.4 Å². The molecule has 0 aliphatic carbocycles. The number of methoxy groups -OCH3 is 3. The van der Waals surface area contributed by atoms with Crippen LogP contribution >= 0.6 is 0 Å². The maximum atomic E-state index is 12.9. The number of fused-ring (bicyclic) bond motifs is 1. The third-order valence-electron chi connectivity index (χ3n) is 4.77. The van der Waals surface area contributed by atoms with Crippen molar-refractivity contribution in [1.29, 1.82) is 0 Å². The van der Waals surface area contributed by atoms with E-state index in [2.05, 4.69) is 0 Å². The molecule has 1 N–H and O–H groups in total. The van der Waals surface area contributed by atoms with Crippen LogP contribution in [0.3, 0.4) is 0 Å². The second-order valence-electron chi connectivity index (χ2n) is 6.56. The van der Waals surface area contributed by atoms with Gasteiger partial charge in [-0.3, -0.25) is 9.59 Å². The number of rotatable bonds is 7. The highest BCUT2D eigenvalue weighted by Crippen LogP contribution is 2.30. The molecule has 0 unspecified atom stereocenters. The highest BCUT2D eigenvalue weighted by Gasteiger charge is 2.18. The number of carboxylic acids is 1. The van der Waals surface area contributed by atoms with Gasteiger partial charge < -0.3 is 23.7 Å². The zero-order valence-corrected chi connectivity index (χ0v) is 17.1. The van der Waals surface area contributed by atoms with Gasteiger partial charge in [-0.1, -0.05) is 12.1 Å². The lowest BCUT2D eigenvalue weighted by molar-refractivity contribution is -0.136. The normalized spacial score (nSPS) is 11.1. The van der Waals surface area contributed by atoms with Crippen LogP contribution in [0.4, 0.5) is 0 Å². The van der Waals surface area contributed by atoms with Gasteiger partial charge in [0.25, 0.3) is 0 Å². The summed E-state index contributed by atoms with van der Waals surface area (Å²) < 4.78 is 21.8. The predicted molar refractivity (Wildman–Crippen MR) is 114 cm³/mol. The third kappa shape index (κ3) is 4.00. The summed E-state index contributed by atoms with van der Waals surface area (Å²) in [6, 6.07) is 8.57. The van der Waals surface area contributed by atoms with Gasteiger partial charge >= 0.3 is 5.97 Å². The van der Waals surface area contributed by atoms with Gasteiger partial charge in [-0.15, -0.1) is 0 Å². The molecule has 1 aromatic heterocycles. The van der Waals surface area contributed by atoms with Gasteiger partial charge in [0.05, 0.1) is 33.1 Å². The van der Waals surface area contributed by atoms with Crippen LogP contribution in [0.1, 0.15) is 22.5 Å². The van der Waals surface area contributed by atoms with E-state index in [1.807, 2.05) is 6.07 Å². The molecule has 156 valence electrons. The Morgan fingerprint density at radius 1 is 1.00 bits per heavy atom. The zero-order chi connectivity index (χ0) is 21.8. The van der Waals surface area contributed by atoms with Crippen molar-refractivity contribution in [3.05, 3.63) is 63.0 Å². The van der Waals surface area contributed by atoms with E-state index in [4.69, 9.17) is 18.6 Å². The molecule has 0 fully saturated rings. The highest BCUT2D eigenvalue weighted by molar-refractivity contribution is 5.87. The second-order valence-corrected chi connectivity index (χ2v) is 6.56. The van der Waals surface area contributed by atoms with Crippen molar-refractivity contribution >= 4 is 29.1 Å². The van der Waals surface area contributed by atoms with Crippen LogP contribution < -0.4 is 19.6 Å². The van der Waals surface area contributed by atoms with Crippen LogP contribution in [0.25, 0.3) is 23.1 Å². The first kappa shape index (κ1) is 21.0. The number of hydrogen-bond acceptors (Lipinski definition) is 6. The minimum absolute atomic E-state index is 0.208. The largest absolute Gasteiger partial charge is 0.496 e. The summed E-state index contributed by atoms with van der Waals surface area (Å²) in [4.78, 5) is 24.2. The average molecular weight is 410 g/mol. The Balaban J connectivity index is 2.14. The molecule has 0 amide bonds. The Bertz CT molecular complexity index is 1190. The first-order valence-corrected chi connectivity index (χ1v) is 9.14. The van der Waals surface area contributed by atoms with E-state index in [0.717, 1.165) is 5.56 Å². The highest BCUT2D eigenvalue weighted by atomic mass is 16.5. The summed E-state index contributed by atoms with van der Waals surface area (Å²) in [6.07, 6.45) is 3.11. The summed E-state index contributed by atoms with van der Waals surface area (Å²) in [5.74, 6) is 0.818. The fraction of sp³-hybridized carbons (Fsp3) is 0.217. The van der Waals surface area contributed by atoms with Crippen LogP contribution in [0.2, 0.25) is 0 Å². The van der Waals surface area contributed by atoms with Crippen LogP contribution in [0.15, 0.2) is 39.5 Å². The van der Waals surface area contributed by atoms with Gasteiger partial charge in [-0.05, 0) is 42.8 Å². The molecule has 3 rings (SSSR count). The van der Waals surface area contributed by atoms with Crippen LogP contribution in [-0.4, -0.2) is 32.4 Å². The minimum Gasteiger partial charge on any atom is -0.496 e. The van der Waals surface area contributed by atoms with E-state index >= 15 is 0 Å². The number of carboxylic acid groups (broad SMARTS) is 1. The summed E-state index contributed by atoms with van der Waals surface area (Å²) in [5.41, 5.74) is 1.54. The molecule has 0 aliphatic heterocycles. The van der Waals surface area contributed by atoms with Crippen LogP contribution in [0, 0.1) is 6.92 Å². The number of carbonyl (C=O) groups is 1. The topological polar surface area (TPSA) is 95.2 Å². The van der Waals surface area contributed by atoms with Gasteiger partial charge in [0.15, 0.2) is 16.9 Å². The fourth-order valence-electron chi connectivity index (χ4n) is 3.20. The Labute approximate surface area is 173 Å². The zero-order valence-electron chi connectivity index (χ0n) is 17.1. The summed E-state index contributed by atoms with van der Waals surface area (Å²) in [5, 5.41) is 9.59. The van der Waals surface area contributed by atoms with Crippen molar-refractivity contribution in [2.75, 3.05) is 21.3 Å². The molecule has 0 spiro atoms. The standard InChI is InChI=1S/C23H22O7/c1-13-17(8-5-14-6-9-19(28-3)20(11-14)29-4)30-23-15(22(13)26)7-10-18(27-2)16(23)12-21(24)25/h5-11H,12H2,1-4H3,(H,24,25). The van der Waals surface area contributed by atoms with Crippen LogP contribution in [0.5, 0.6) is 17.2 Å². The Morgan fingerprint density at radius 3 is 2.30 bits per heavy atom. The summed E-state index contributed by atoms with van der Waals surface area (Å²) >= 11 is 0. The molecule has 3 aromatic rings. The van der Waals surface area contributed by atoms with E-state index < -0.39 is 5.97 Å². The van der Waals surface area contributed by atoms with E-state index in [0.29, 0.717) is 39.5 Å². The first-order valence-electron chi connectivity index (χ1n) is 9.14. The molecule has 0 saturated heterocycles. The molecule has 0 atom stereocenters. The number of hydrogen-bond donors (Lipinski definition) is 1. The van der Waals surface area contributed by atoms with Gasteiger partial charge in [-0.2, -0.15) is 0 Å². The number of ether oxygens (including phenoxy) is 3. The van der Waals surface area contributed by atoms with Gasteiger partial charge in [0, 0.05) is 11.1 Å². The molecule has 7 nitrogen and oxygen atoms in total. The molecule has 30 heavy (non-hydrogen) atoms. The molecule has 0 saturated carbocycles. The lowest BCUT2D eigenvalue weighted by Crippen LogP contribution is -2.10. The van der Waals surface area contributed by atoms with Gasteiger partial charge in [-0.25, -0.2) is 0 Å². The molecule has 0 aliphatic rings. The van der Waals surface area contributed by atoms with Crippen molar-refractivity contribution < 1.29 is 28.5 Å². The van der Waals surface area contributed by atoms with Crippen molar-refractivity contribution in [3.63, 3.8) is 0 Å². The van der Waals surface area contributed by atoms with Crippen molar-refractivity contribution in [1.82, 2.24) is 0 Å². The smallest absolute Gasteiger partial charge is 0.308 e. The maximum absolute atomic E-state index is 12.9. The minimum atomic E-state index is -1.05. The third-order valence-corrected chi connectivity index (χ3v) is 4.77. The first-order chi connectivity index (χ1) is 14.4. The maximum Gasteiger partial charge on any atom is 0.308 e. The van der Waals surface area contributed by atoms with Gasteiger partial charge in [0.2, 0.25) is 0 Å². The van der Waals surface area contributed by atoms with E-state index in [1.54, 1.807) is 57.6 Å². The summed E-state index contributed by atoms with van der Waals surface area (Å²) in [7, 11) is 4.55. The summed E-state index contributed by atoms with van der Waals surface area (Å²) in [6.45, 7) is 1.67.